The van der Waals surface area contributed by atoms with E-state index in [9.17, 15) is 14.7 Å². The Balaban J connectivity index is 2.87. The molecule has 1 rings (SSSR count). The van der Waals surface area contributed by atoms with E-state index in [2.05, 4.69) is 21.2 Å². The number of ether oxygens (including phenoxy) is 1. The smallest absolute Gasteiger partial charge is 0.408 e. The molecule has 0 bridgehead atoms. The van der Waals surface area contributed by atoms with Gasteiger partial charge in [0.25, 0.3) is 0 Å². The van der Waals surface area contributed by atoms with Crippen molar-refractivity contribution in [1.82, 2.24) is 5.32 Å². The number of carbonyl (C=O) groups is 2. The minimum Gasteiger partial charge on any atom is -0.507 e. The number of carbonyl (C=O) groups excluding carboxylic acids is 2. The van der Waals surface area contributed by atoms with Gasteiger partial charge < -0.3 is 20.0 Å². The normalized spacial score (nSPS) is 12.6. The van der Waals surface area contributed by atoms with Gasteiger partial charge in [-0.2, -0.15) is 0 Å². The molecule has 0 aliphatic rings. The van der Waals surface area contributed by atoms with Gasteiger partial charge in [0.1, 0.15) is 23.7 Å². The number of rotatable bonds is 3. The van der Waals surface area contributed by atoms with Crippen LogP contribution in [0.1, 0.15) is 32.4 Å². The lowest BCUT2D eigenvalue weighted by molar-refractivity contribution is -0.109. The van der Waals surface area contributed by atoms with Crippen LogP contribution in [0.15, 0.2) is 22.7 Å². The minimum absolute atomic E-state index is 0.00432. The van der Waals surface area contributed by atoms with Gasteiger partial charge in [0.05, 0.1) is 4.47 Å². The molecule has 5 nitrogen and oxygen atoms in total. The predicted molar refractivity (Wildman–Crippen MR) is 74.0 cm³/mol. The molecule has 6 heteroatoms. The van der Waals surface area contributed by atoms with Crippen molar-refractivity contribution in [2.75, 3.05) is 0 Å². The third-order valence-corrected chi connectivity index (χ3v) is 3.02. The molecule has 0 saturated heterocycles. The van der Waals surface area contributed by atoms with Crippen molar-refractivity contribution in [3.8, 4) is 5.75 Å². The van der Waals surface area contributed by atoms with Crippen molar-refractivity contribution in [3.63, 3.8) is 0 Å². The number of nitrogens with one attached hydrogen (secondary N) is 1. The quantitative estimate of drug-likeness (QED) is 0.836. The van der Waals surface area contributed by atoms with Gasteiger partial charge in [-0.1, -0.05) is 12.1 Å². The van der Waals surface area contributed by atoms with E-state index in [0.29, 0.717) is 16.3 Å². The van der Waals surface area contributed by atoms with Crippen LogP contribution >= 0.6 is 15.9 Å². The van der Waals surface area contributed by atoms with Crippen LogP contribution in [0, 0.1) is 0 Å². The van der Waals surface area contributed by atoms with Crippen molar-refractivity contribution in [2.45, 2.75) is 32.4 Å². The number of benzene rings is 1. The maximum absolute atomic E-state index is 11.6. The first-order chi connectivity index (χ1) is 8.74. The Kier molecular flexibility index (Phi) is 4.94. The summed E-state index contributed by atoms with van der Waals surface area (Å²) >= 11 is 3.17. The van der Waals surface area contributed by atoms with Crippen LogP contribution in [0.3, 0.4) is 0 Å². The number of phenolic OH excluding ortho intramolecular Hbond substituents is 1. The molecule has 0 aliphatic carbocycles. The van der Waals surface area contributed by atoms with E-state index in [1.165, 1.54) is 6.07 Å². The molecule has 1 aromatic carbocycles. The Labute approximate surface area is 120 Å². The van der Waals surface area contributed by atoms with E-state index in [4.69, 9.17) is 4.74 Å². The average molecular weight is 330 g/mol. The fourth-order valence-electron chi connectivity index (χ4n) is 1.40. The van der Waals surface area contributed by atoms with Gasteiger partial charge in [-0.15, -0.1) is 0 Å². The third kappa shape index (κ3) is 4.55. The van der Waals surface area contributed by atoms with Crippen LogP contribution in [0.25, 0.3) is 0 Å². The number of phenols is 1. The Hall–Kier alpha value is -1.56. The monoisotopic (exact) mass is 329 g/mol. The van der Waals surface area contributed by atoms with Crippen molar-refractivity contribution in [2.24, 2.45) is 0 Å². The van der Waals surface area contributed by atoms with E-state index in [1.807, 2.05) is 0 Å². The Bertz CT molecular complexity index is 482. The second-order valence-electron chi connectivity index (χ2n) is 4.94. The van der Waals surface area contributed by atoms with Gasteiger partial charge in [-0.25, -0.2) is 4.79 Å². The van der Waals surface area contributed by atoms with Crippen molar-refractivity contribution >= 4 is 28.3 Å². The zero-order valence-corrected chi connectivity index (χ0v) is 12.5. The van der Waals surface area contributed by atoms with Gasteiger partial charge in [0, 0.05) is 0 Å². The minimum atomic E-state index is -0.892. The molecule has 2 N–H and O–H groups in total. The highest BCUT2D eigenvalue weighted by Gasteiger charge is 2.22. The number of hydrogen-bond acceptors (Lipinski definition) is 4. The molecule has 0 aliphatic heterocycles. The topological polar surface area (TPSA) is 75.6 Å². The van der Waals surface area contributed by atoms with Crippen molar-refractivity contribution < 1.29 is 19.4 Å². The molecule has 0 radical (unpaired) electrons. The molecule has 1 atom stereocenters. The van der Waals surface area contributed by atoms with Crippen molar-refractivity contribution in [1.29, 1.82) is 0 Å². The fraction of sp³-hybridized carbons (Fsp3) is 0.385. The summed E-state index contributed by atoms with van der Waals surface area (Å²) in [5.41, 5.74) is -0.186. The third-order valence-electron chi connectivity index (χ3n) is 2.15. The molecule has 1 unspecified atom stereocenters. The van der Waals surface area contributed by atoms with Crippen LogP contribution in [-0.4, -0.2) is 23.1 Å². The lowest BCUT2D eigenvalue weighted by Gasteiger charge is -2.22. The second-order valence-corrected chi connectivity index (χ2v) is 5.73. The zero-order chi connectivity index (χ0) is 14.6. The summed E-state index contributed by atoms with van der Waals surface area (Å²) < 4.78 is 5.44. The highest BCUT2D eigenvalue weighted by atomic mass is 79.9. The molecule has 0 spiro atoms. The Morgan fingerprint density at radius 1 is 1.47 bits per heavy atom. The predicted octanol–water partition coefficient (Wildman–Crippen LogP) is 2.92. The summed E-state index contributed by atoms with van der Waals surface area (Å²) in [7, 11) is 0. The summed E-state index contributed by atoms with van der Waals surface area (Å²) in [6, 6.07) is 3.79. The first kappa shape index (κ1) is 15.5. The standard InChI is InChI=1S/C13H16BrNO4/c1-13(2,3)19-12(18)15-9(7-16)8-5-4-6-10(17)11(8)14/h4-7,9,17H,1-3H3,(H,15,18). The molecule has 0 fully saturated rings. The van der Waals surface area contributed by atoms with E-state index in [0.717, 1.165) is 0 Å². The second kappa shape index (κ2) is 6.06. The summed E-state index contributed by atoms with van der Waals surface area (Å²) in [4.78, 5) is 22.7. The zero-order valence-electron chi connectivity index (χ0n) is 10.9. The van der Waals surface area contributed by atoms with Gasteiger partial charge in [-0.3, -0.25) is 0 Å². The van der Waals surface area contributed by atoms with Gasteiger partial charge in [0.2, 0.25) is 0 Å². The van der Waals surface area contributed by atoms with Crippen LogP contribution in [0.2, 0.25) is 0 Å². The first-order valence-corrected chi connectivity index (χ1v) is 6.46. The summed E-state index contributed by atoms with van der Waals surface area (Å²) in [6.45, 7) is 5.19. The lowest BCUT2D eigenvalue weighted by Crippen LogP contribution is -2.35. The van der Waals surface area contributed by atoms with Crippen molar-refractivity contribution in [3.05, 3.63) is 28.2 Å². The average Bonchev–Trinajstić information content (AvgIpc) is 2.27. The lowest BCUT2D eigenvalue weighted by atomic mass is 10.1. The highest BCUT2D eigenvalue weighted by molar-refractivity contribution is 9.10. The maximum Gasteiger partial charge on any atom is 0.408 e. The summed E-state index contributed by atoms with van der Waals surface area (Å²) in [5, 5.41) is 12.0. The van der Waals surface area contributed by atoms with E-state index in [-0.39, 0.29) is 5.75 Å². The van der Waals surface area contributed by atoms with Gasteiger partial charge in [0.15, 0.2) is 0 Å². The van der Waals surface area contributed by atoms with E-state index >= 15 is 0 Å². The maximum atomic E-state index is 11.6. The molecule has 1 aromatic rings. The largest absolute Gasteiger partial charge is 0.507 e. The number of aromatic hydroxyl groups is 1. The number of alkyl carbamates (subject to hydrolysis) is 1. The molecule has 0 saturated carbocycles. The molecule has 0 heterocycles. The van der Waals surface area contributed by atoms with E-state index < -0.39 is 17.7 Å². The number of aldehydes is 1. The van der Waals surface area contributed by atoms with Gasteiger partial charge >= 0.3 is 6.09 Å². The number of halogens is 1. The van der Waals surface area contributed by atoms with Gasteiger partial charge in [-0.05, 0) is 48.3 Å². The van der Waals surface area contributed by atoms with Crippen LogP contribution in [0.4, 0.5) is 4.79 Å². The number of hydrogen-bond donors (Lipinski definition) is 2. The van der Waals surface area contributed by atoms with E-state index in [1.54, 1.807) is 32.9 Å². The Morgan fingerprint density at radius 3 is 2.63 bits per heavy atom. The molecule has 104 valence electrons. The summed E-state index contributed by atoms with van der Waals surface area (Å²) in [6.07, 6.45) is -0.122. The highest BCUT2D eigenvalue weighted by Crippen LogP contribution is 2.30. The van der Waals surface area contributed by atoms with Crippen LogP contribution in [-0.2, 0) is 9.53 Å². The van der Waals surface area contributed by atoms with Crippen LogP contribution in [0.5, 0.6) is 5.75 Å². The number of amides is 1. The Morgan fingerprint density at radius 2 is 2.11 bits per heavy atom. The molecule has 19 heavy (non-hydrogen) atoms. The summed E-state index contributed by atoms with van der Waals surface area (Å²) in [5.74, 6) is -0.00432. The molecular weight excluding hydrogens is 314 g/mol. The molecular formula is C13H16BrNO4. The first-order valence-electron chi connectivity index (χ1n) is 5.67. The molecule has 1 amide bonds. The van der Waals surface area contributed by atoms with Crippen LogP contribution < -0.4 is 5.32 Å². The molecule has 0 aromatic heterocycles. The SMILES string of the molecule is CC(C)(C)OC(=O)NC(C=O)c1cccc(O)c1Br. The fourth-order valence-corrected chi connectivity index (χ4v) is 1.91.